The highest BCUT2D eigenvalue weighted by Crippen LogP contribution is 2.00. The molecule has 0 aromatic carbocycles. The van der Waals surface area contributed by atoms with Crippen LogP contribution in [0.4, 0.5) is 0 Å². The summed E-state index contributed by atoms with van der Waals surface area (Å²) < 4.78 is 19.8. The van der Waals surface area contributed by atoms with E-state index in [4.69, 9.17) is 18.9 Å². The van der Waals surface area contributed by atoms with Crippen LogP contribution < -0.4 is 0 Å². The second kappa shape index (κ2) is 8.95. The zero-order chi connectivity index (χ0) is 13.3. The van der Waals surface area contributed by atoms with Crippen molar-refractivity contribution in [1.29, 1.82) is 0 Å². The Morgan fingerprint density at radius 2 is 1.24 bits per heavy atom. The van der Waals surface area contributed by atoms with Crippen molar-refractivity contribution < 1.29 is 28.5 Å². The molecule has 0 heterocycles. The number of hydrogen-bond donors (Lipinski definition) is 0. The molecule has 0 bridgehead atoms. The Morgan fingerprint density at radius 3 is 1.53 bits per heavy atom. The molecule has 0 spiro atoms. The molecule has 0 saturated heterocycles. The summed E-state index contributed by atoms with van der Waals surface area (Å²) in [7, 11) is 0. The summed E-state index contributed by atoms with van der Waals surface area (Å²) in [4.78, 5) is 21.8. The lowest BCUT2D eigenvalue weighted by atomic mass is 10.5. The Kier molecular flexibility index (Phi) is 8.35. The second-order valence-corrected chi connectivity index (χ2v) is 3.27. The minimum Gasteiger partial charge on any atom is -0.436 e. The Morgan fingerprint density at radius 1 is 0.882 bits per heavy atom. The fourth-order valence-corrected chi connectivity index (χ4v) is 0.836. The van der Waals surface area contributed by atoms with Gasteiger partial charge in [-0.05, 0) is 13.8 Å². The molecule has 0 saturated carbocycles. The fraction of sp³-hybridized carbons (Fsp3) is 0.818. The van der Waals surface area contributed by atoms with Crippen LogP contribution in [0.1, 0.15) is 40.5 Å². The van der Waals surface area contributed by atoms with Crippen molar-refractivity contribution in [3.05, 3.63) is 0 Å². The van der Waals surface area contributed by atoms with Gasteiger partial charge >= 0.3 is 11.9 Å². The van der Waals surface area contributed by atoms with E-state index >= 15 is 0 Å². The van der Waals surface area contributed by atoms with Crippen molar-refractivity contribution in [2.24, 2.45) is 0 Å². The van der Waals surface area contributed by atoms with Crippen molar-refractivity contribution in [3.63, 3.8) is 0 Å². The molecular weight excluding hydrogens is 228 g/mol. The molecule has 0 rings (SSSR count). The summed E-state index contributed by atoms with van der Waals surface area (Å²) >= 11 is 0. The maximum Gasteiger partial charge on any atom is 0.307 e. The third-order valence-electron chi connectivity index (χ3n) is 1.78. The highest BCUT2D eigenvalue weighted by Gasteiger charge is 2.10. The van der Waals surface area contributed by atoms with Gasteiger partial charge in [0.05, 0.1) is 0 Å². The van der Waals surface area contributed by atoms with E-state index in [1.54, 1.807) is 27.7 Å². The van der Waals surface area contributed by atoms with E-state index in [0.717, 1.165) is 0 Å². The van der Waals surface area contributed by atoms with Crippen LogP contribution in [0.15, 0.2) is 0 Å². The first-order valence-corrected chi connectivity index (χ1v) is 5.61. The van der Waals surface area contributed by atoms with Gasteiger partial charge in [0.2, 0.25) is 12.6 Å². The van der Waals surface area contributed by atoms with Crippen LogP contribution in [-0.4, -0.2) is 31.3 Å². The summed E-state index contributed by atoms with van der Waals surface area (Å²) in [6.45, 7) is 6.44. The quantitative estimate of drug-likeness (QED) is 0.479. The smallest absolute Gasteiger partial charge is 0.307 e. The van der Waals surface area contributed by atoms with Gasteiger partial charge in [-0.15, -0.1) is 0 Å². The molecule has 2 atom stereocenters. The average molecular weight is 248 g/mol. The van der Waals surface area contributed by atoms with E-state index in [9.17, 15) is 9.59 Å². The molecule has 17 heavy (non-hydrogen) atoms. The Bertz CT molecular complexity index is 216. The molecule has 0 aromatic rings. The van der Waals surface area contributed by atoms with E-state index in [1.165, 1.54) is 0 Å². The van der Waals surface area contributed by atoms with E-state index in [-0.39, 0.29) is 18.7 Å². The Labute approximate surface area is 101 Å². The van der Waals surface area contributed by atoms with Gasteiger partial charge in [0, 0.05) is 12.8 Å². The lowest BCUT2D eigenvalue weighted by Crippen LogP contribution is -2.23. The molecule has 0 amide bonds. The molecule has 6 nitrogen and oxygen atoms in total. The van der Waals surface area contributed by atoms with Crippen LogP contribution in [0.5, 0.6) is 0 Å². The van der Waals surface area contributed by atoms with Gasteiger partial charge in [0.25, 0.3) is 0 Å². The molecule has 100 valence electrons. The van der Waals surface area contributed by atoms with E-state index in [0.29, 0.717) is 12.8 Å². The van der Waals surface area contributed by atoms with Gasteiger partial charge in [0.15, 0.2) is 6.79 Å². The summed E-state index contributed by atoms with van der Waals surface area (Å²) in [5.74, 6) is -0.689. The SMILES string of the molecule is CCC(=O)OC(C)OCOC(C)OC(=O)CC. The summed E-state index contributed by atoms with van der Waals surface area (Å²) in [6.07, 6.45) is -0.786. The lowest BCUT2D eigenvalue weighted by molar-refractivity contribution is -0.231. The number of carbonyl (C=O) groups excluding carboxylic acids is 2. The molecule has 0 radical (unpaired) electrons. The number of esters is 2. The second-order valence-electron chi connectivity index (χ2n) is 3.27. The molecule has 0 N–H and O–H groups in total. The first-order chi connectivity index (χ1) is 7.99. The summed E-state index contributed by atoms with van der Waals surface area (Å²) in [6, 6.07) is 0. The van der Waals surface area contributed by atoms with Crippen LogP contribution in [0.25, 0.3) is 0 Å². The predicted molar refractivity (Wildman–Crippen MR) is 58.7 cm³/mol. The van der Waals surface area contributed by atoms with Crippen molar-refractivity contribution in [2.45, 2.75) is 53.1 Å². The largest absolute Gasteiger partial charge is 0.436 e. The first-order valence-electron chi connectivity index (χ1n) is 5.61. The topological polar surface area (TPSA) is 71.1 Å². The van der Waals surface area contributed by atoms with E-state index in [1.807, 2.05) is 0 Å². The van der Waals surface area contributed by atoms with Crippen LogP contribution >= 0.6 is 0 Å². The number of carbonyl (C=O) groups is 2. The van der Waals surface area contributed by atoms with Gasteiger partial charge in [-0.25, -0.2) is 0 Å². The average Bonchev–Trinajstić information content (AvgIpc) is 2.28. The Balaban J connectivity index is 3.61. The molecule has 0 fully saturated rings. The van der Waals surface area contributed by atoms with Gasteiger partial charge < -0.3 is 18.9 Å². The zero-order valence-electron chi connectivity index (χ0n) is 10.7. The molecule has 2 unspecified atom stereocenters. The van der Waals surface area contributed by atoms with Gasteiger partial charge in [0.1, 0.15) is 0 Å². The van der Waals surface area contributed by atoms with Crippen LogP contribution in [0.3, 0.4) is 0 Å². The van der Waals surface area contributed by atoms with Crippen LogP contribution in [0.2, 0.25) is 0 Å². The monoisotopic (exact) mass is 248 g/mol. The third-order valence-corrected chi connectivity index (χ3v) is 1.78. The lowest BCUT2D eigenvalue weighted by Gasteiger charge is -2.16. The minimum absolute atomic E-state index is 0.115. The Hall–Kier alpha value is -1.14. The van der Waals surface area contributed by atoms with Gasteiger partial charge in [-0.3, -0.25) is 9.59 Å². The fourth-order valence-electron chi connectivity index (χ4n) is 0.836. The zero-order valence-corrected chi connectivity index (χ0v) is 10.7. The molecule has 0 aliphatic rings. The normalized spacial score (nSPS) is 13.9. The predicted octanol–water partition coefficient (Wildman–Crippen LogP) is 1.58. The minimum atomic E-state index is -0.684. The molecule has 0 aromatic heterocycles. The van der Waals surface area contributed by atoms with Crippen molar-refractivity contribution in [3.8, 4) is 0 Å². The first kappa shape index (κ1) is 15.9. The van der Waals surface area contributed by atoms with Crippen molar-refractivity contribution >= 4 is 11.9 Å². The highest BCUT2D eigenvalue weighted by molar-refractivity contribution is 5.69. The summed E-state index contributed by atoms with van der Waals surface area (Å²) in [5.41, 5.74) is 0. The third kappa shape index (κ3) is 8.65. The number of rotatable bonds is 8. The molecule has 6 heteroatoms. The number of ether oxygens (including phenoxy) is 4. The van der Waals surface area contributed by atoms with Gasteiger partial charge in [-0.1, -0.05) is 13.8 Å². The van der Waals surface area contributed by atoms with Crippen LogP contribution in [0, 0.1) is 0 Å². The number of hydrogen-bond acceptors (Lipinski definition) is 6. The van der Waals surface area contributed by atoms with Crippen LogP contribution in [-0.2, 0) is 28.5 Å². The maximum atomic E-state index is 10.9. The standard InChI is InChI=1S/C11H20O6/c1-5-10(12)16-8(3)14-7-15-9(4)17-11(13)6-2/h8-9H,5-7H2,1-4H3. The molecule has 0 aliphatic carbocycles. The molecular formula is C11H20O6. The maximum absolute atomic E-state index is 10.9. The highest BCUT2D eigenvalue weighted by atomic mass is 16.8. The van der Waals surface area contributed by atoms with E-state index < -0.39 is 12.6 Å². The molecule has 0 aliphatic heterocycles. The van der Waals surface area contributed by atoms with E-state index in [2.05, 4.69) is 0 Å². The summed E-state index contributed by atoms with van der Waals surface area (Å²) in [5, 5.41) is 0. The van der Waals surface area contributed by atoms with Crippen molar-refractivity contribution in [1.82, 2.24) is 0 Å². The van der Waals surface area contributed by atoms with Crippen molar-refractivity contribution in [2.75, 3.05) is 6.79 Å². The van der Waals surface area contributed by atoms with Gasteiger partial charge in [-0.2, -0.15) is 0 Å².